The Labute approximate surface area is 106 Å². The molecule has 1 amide bonds. The molecule has 1 heterocycles. The highest BCUT2D eigenvalue weighted by atomic mass is 16.4. The van der Waals surface area contributed by atoms with Gasteiger partial charge < -0.3 is 14.8 Å². The molecule has 1 atom stereocenters. The number of nitrogens with one attached hydrogen (secondary N) is 1. The van der Waals surface area contributed by atoms with E-state index in [4.69, 9.17) is 4.42 Å². The summed E-state index contributed by atoms with van der Waals surface area (Å²) in [7, 11) is 0. The Bertz CT molecular complexity index is 420. The Balaban J connectivity index is 1.65. The van der Waals surface area contributed by atoms with Gasteiger partial charge in [0, 0.05) is 5.92 Å². The van der Waals surface area contributed by atoms with Crippen LogP contribution < -0.4 is 5.32 Å². The van der Waals surface area contributed by atoms with Crippen LogP contribution in [0.15, 0.2) is 22.8 Å². The number of rotatable bonds is 5. The van der Waals surface area contributed by atoms with Crippen molar-refractivity contribution < 1.29 is 14.3 Å². The third kappa shape index (κ3) is 2.05. The third-order valence-electron chi connectivity index (χ3n) is 4.21. The second-order valence-corrected chi connectivity index (χ2v) is 5.52. The molecule has 0 aliphatic heterocycles. The van der Waals surface area contributed by atoms with E-state index in [1.165, 1.54) is 0 Å². The van der Waals surface area contributed by atoms with E-state index >= 15 is 0 Å². The molecule has 2 saturated carbocycles. The average molecular weight is 249 g/mol. The summed E-state index contributed by atoms with van der Waals surface area (Å²) < 4.78 is 5.33. The molecule has 18 heavy (non-hydrogen) atoms. The van der Waals surface area contributed by atoms with E-state index in [9.17, 15) is 9.90 Å². The molecule has 2 N–H and O–H groups in total. The van der Waals surface area contributed by atoms with Crippen LogP contribution in [0.1, 0.15) is 37.9 Å². The van der Waals surface area contributed by atoms with Gasteiger partial charge in [-0.2, -0.15) is 0 Å². The molecule has 0 radical (unpaired) electrons. The number of amides is 1. The minimum absolute atomic E-state index is 0.0758. The van der Waals surface area contributed by atoms with Crippen LogP contribution in [-0.2, 0) is 10.4 Å². The highest BCUT2D eigenvalue weighted by Crippen LogP contribution is 2.45. The number of carbonyl (C=O) groups excluding carboxylic acids is 1. The summed E-state index contributed by atoms with van der Waals surface area (Å²) in [5.74, 6) is 1.01. The van der Waals surface area contributed by atoms with Gasteiger partial charge in [0.2, 0.25) is 5.91 Å². The first-order valence-electron chi connectivity index (χ1n) is 6.74. The van der Waals surface area contributed by atoms with Crippen LogP contribution in [0.5, 0.6) is 0 Å². The van der Waals surface area contributed by atoms with Gasteiger partial charge >= 0.3 is 0 Å². The van der Waals surface area contributed by atoms with Gasteiger partial charge in [-0.3, -0.25) is 4.79 Å². The van der Waals surface area contributed by atoms with Crippen LogP contribution in [0.4, 0.5) is 0 Å². The summed E-state index contributed by atoms with van der Waals surface area (Å²) in [5, 5.41) is 13.6. The minimum atomic E-state index is -1.02. The lowest BCUT2D eigenvalue weighted by Gasteiger charge is -2.29. The Morgan fingerprint density at radius 2 is 2.22 bits per heavy atom. The van der Waals surface area contributed by atoms with Gasteiger partial charge in [0.1, 0.15) is 11.4 Å². The van der Waals surface area contributed by atoms with Gasteiger partial charge in [-0.15, -0.1) is 0 Å². The fourth-order valence-electron chi connectivity index (χ4n) is 2.56. The second-order valence-electron chi connectivity index (χ2n) is 5.52. The Morgan fingerprint density at radius 3 is 2.72 bits per heavy atom. The summed E-state index contributed by atoms with van der Waals surface area (Å²) in [6.45, 7) is 0.264. The quantitative estimate of drug-likeness (QED) is 0.836. The predicted molar refractivity (Wildman–Crippen MR) is 65.7 cm³/mol. The minimum Gasteiger partial charge on any atom is -0.466 e. The molecular weight excluding hydrogens is 230 g/mol. The molecule has 0 aromatic carbocycles. The third-order valence-corrected chi connectivity index (χ3v) is 4.21. The summed E-state index contributed by atoms with van der Waals surface area (Å²) in [6.07, 6.45) is 6.66. The van der Waals surface area contributed by atoms with Crippen LogP contribution in [0.25, 0.3) is 0 Å². The molecule has 0 unspecified atom stereocenters. The number of hydrogen-bond acceptors (Lipinski definition) is 3. The fraction of sp³-hybridized carbons (Fsp3) is 0.643. The van der Waals surface area contributed by atoms with Crippen molar-refractivity contribution in [3.63, 3.8) is 0 Å². The van der Waals surface area contributed by atoms with E-state index < -0.39 is 5.60 Å². The maximum atomic E-state index is 11.8. The first-order chi connectivity index (χ1) is 8.70. The van der Waals surface area contributed by atoms with Gasteiger partial charge in [-0.1, -0.05) is 6.42 Å². The molecule has 1 aromatic heterocycles. The maximum Gasteiger partial charge on any atom is 0.223 e. The number of carbonyl (C=O) groups is 1. The smallest absolute Gasteiger partial charge is 0.223 e. The second kappa shape index (κ2) is 4.43. The first kappa shape index (κ1) is 11.8. The van der Waals surface area contributed by atoms with Gasteiger partial charge in [-0.25, -0.2) is 0 Å². The topological polar surface area (TPSA) is 62.5 Å². The monoisotopic (exact) mass is 249 g/mol. The van der Waals surface area contributed by atoms with Crippen LogP contribution >= 0.6 is 0 Å². The van der Waals surface area contributed by atoms with E-state index in [-0.39, 0.29) is 24.3 Å². The molecule has 0 bridgehead atoms. The number of aliphatic hydroxyl groups is 1. The predicted octanol–water partition coefficient (Wildman–Crippen LogP) is 1.79. The van der Waals surface area contributed by atoms with Gasteiger partial charge in [0.05, 0.1) is 12.8 Å². The summed E-state index contributed by atoms with van der Waals surface area (Å²) in [6, 6.07) is 3.56. The molecule has 98 valence electrons. The number of furan rings is 1. The molecule has 0 spiro atoms. The normalized spacial score (nSPS) is 23.2. The van der Waals surface area contributed by atoms with Crippen LogP contribution in [0.2, 0.25) is 0 Å². The standard InChI is InChI=1S/C14H19NO3/c16-13(10-3-1-4-10)15-9-14(17,11-6-7-11)12-5-2-8-18-12/h2,5,8,10-11,17H,1,3-4,6-7,9H2,(H,15,16)/t14-/m0/s1. The lowest BCUT2D eigenvalue weighted by Crippen LogP contribution is -2.45. The zero-order valence-corrected chi connectivity index (χ0v) is 10.4. The van der Waals surface area contributed by atoms with E-state index in [1.807, 2.05) is 0 Å². The van der Waals surface area contributed by atoms with Crippen molar-refractivity contribution >= 4 is 5.91 Å². The lowest BCUT2D eigenvalue weighted by molar-refractivity contribution is -0.129. The maximum absolute atomic E-state index is 11.8. The molecule has 2 fully saturated rings. The van der Waals surface area contributed by atoms with Crippen LogP contribution in [-0.4, -0.2) is 17.6 Å². The summed E-state index contributed by atoms with van der Waals surface area (Å²) in [4.78, 5) is 11.8. The van der Waals surface area contributed by atoms with E-state index in [2.05, 4.69) is 5.32 Å². The largest absolute Gasteiger partial charge is 0.466 e. The van der Waals surface area contributed by atoms with Crippen LogP contribution in [0.3, 0.4) is 0 Å². The zero-order valence-electron chi connectivity index (χ0n) is 10.4. The van der Waals surface area contributed by atoms with Gasteiger partial charge in [0.25, 0.3) is 0 Å². The van der Waals surface area contributed by atoms with E-state index in [0.29, 0.717) is 5.76 Å². The van der Waals surface area contributed by atoms with Gasteiger partial charge in [0.15, 0.2) is 0 Å². The van der Waals surface area contributed by atoms with Crippen molar-refractivity contribution in [2.24, 2.45) is 11.8 Å². The van der Waals surface area contributed by atoms with Crippen molar-refractivity contribution in [3.05, 3.63) is 24.2 Å². The summed E-state index contributed by atoms with van der Waals surface area (Å²) >= 11 is 0. The highest BCUT2D eigenvalue weighted by Gasteiger charge is 2.47. The molecule has 0 saturated heterocycles. The SMILES string of the molecule is O=C(NC[C@@](O)(c1ccco1)C1CC1)C1CCC1. The first-order valence-corrected chi connectivity index (χ1v) is 6.74. The molecule has 4 heteroatoms. The Hall–Kier alpha value is -1.29. The van der Waals surface area contributed by atoms with Crippen molar-refractivity contribution in [2.75, 3.05) is 6.54 Å². The number of hydrogen-bond donors (Lipinski definition) is 2. The molecule has 1 aromatic rings. The van der Waals surface area contributed by atoms with Crippen molar-refractivity contribution in [1.29, 1.82) is 0 Å². The molecule has 2 aliphatic rings. The van der Waals surface area contributed by atoms with E-state index in [0.717, 1.165) is 32.1 Å². The highest BCUT2D eigenvalue weighted by molar-refractivity contribution is 5.79. The summed E-state index contributed by atoms with van der Waals surface area (Å²) in [5.41, 5.74) is -1.02. The van der Waals surface area contributed by atoms with Crippen molar-refractivity contribution in [3.8, 4) is 0 Å². The fourth-order valence-corrected chi connectivity index (χ4v) is 2.56. The Kier molecular flexibility index (Phi) is 2.90. The van der Waals surface area contributed by atoms with Crippen molar-refractivity contribution in [1.82, 2.24) is 5.32 Å². The molecular formula is C14H19NO3. The van der Waals surface area contributed by atoms with Crippen LogP contribution in [0, 0.1) is 11.8 Å². The Morgan fingerprint density at radius 1 is 1.44 bits per heavy atom. The van der Waals surface area contributed by atoms with Gasteiger partial charge in [-0.05, 0) is 43.7 Å². The molecule has 4 nitrogen and oxygen atoms in total. The molecule has 3 rings (SSSR count). The average Bonchev–Trinajstić information content (AvgIpc) is 3.00. The zero-order chi connectivity index (χ0) is 12.6. The lowest BCUT2D eigenvalue weighted by atomic mass is 9.84. The molecule has 2 aliphatic carbocycles. The van der Waals surface area contributed by atoms with E-state index in [1.54, 1.807) is 18.4 Å². The van der Waals surface area contributed by atoms with Crippen molar-refractivity contribution in [2.45, 2.75) is 37.7 Å².